The van der Waals surface area contributed by atoms with Crippen molar-refractivity contribution in [1.82, 2.24) is 20.3 Å². The lowest BCUT2D eigenvalue weighted by Crippen LogP contribution is -2.40. The van der Waals surface area contributed by atoms with Crippen LogP contribution in [0.2, 0.25) is 0 Å². The van der Waals surface area contributed by atoms with E-state index in [0.29, 0.717) is 17.6 Å². The highest BCUT2D eigenvalue weighted by molar-refractivity contribution is 5.95. The summed E-state index contributed by atoms with van der Waals surface area (Å²) in [4.78, 5) is 28.0. The number of carbonyl (C=O) groups excluding carboxylic acids is 1. The number of hydrogen-bond donors (Lipinski definition) is 2. The van der Waals surface area contributed by atoms with Crippen LogP contribution in [0.4, 0.5) is 11.8 Å². The first-order valence-electron chi connectivity index (χ1n) is 9.86. The summed E-state index contributed by atoms with van der Waals surface area (Å²) in [6.07, 6.45) is 5.54. The summed E-state index contributed by atoms with van der Waals surface area (Å²) >= 11 is 0. The maximum atomic E-state index is 12.5. The molecule has 2 N–H and O–H groups in total. The quantitative estimate of drug-likeness (QED) is 0.827. The van der Waals surface area contributed by atoms with Crippen LogP contribution in [-0.4, -0.2) is 47.0 Å². The van der Waals surface area contributed by atoms with Gasteiger partial charge in [0.2, 0.25) is 5.95 Å². The molecule has 150 valence electrons. The van der Waals surface area contributed by atoms with Gasteiger partial charge in [-0.25, -0.2) is 4.98 Å². The van der Waals surface area contributed by atoms with Crippen LogP contribution in [0.25, 0.3) is 0 Å². The van der Waals surface area contributed by atoms with E-state index in [1.165, 1.54) is 0 Å². The maximum absolute atomic E-state index is 12.5. The second kappa shape index (κ2) is 8.54. The molecule has 0 unspecified atom stereocenters. The molecule has 2 aromatic heterocycles. The van der Waals surface area contributed by atoms with Gasteiger partial charge >= 0.3 is 0 Å². The number of rotatable bonds is 5. The molecule has 7 heteroatoms. The van der Waals surface area contributed by atoms with E-state index in [1.807, 2.05) is 45.8 Å². The molecule has 0 saturated heterocycles. The fourth-order valence-electron chi connectivity index (χ4n) is 3.67. The molecule has 1 aliphatic carbocycles. The summed E-state index contributed by atoms with van der Waals surface area (Å²) in [6.45, 7) is 5.93. The number of carbonyl (C=O) groups is 1. The van der Waals surface area contributed by atoms with Crippen molar-refractivity contribution in [3.63, 3.8) is 0 Å². The standard InChI is InChI=1S/C21H30N6O/c1-13-14(2)23-21(26-19(13)27(4)5)25-17-10-8-16(9-11-17)24-20(28)18-7-6-12-22-15(18)3/h6-7,12,16-17H,8-11H2,1-5H3,(H,24,28)(H,23,25,26)/t16-,17+. The third-order valence-electron chi connectivity index (χ3n) is 5.43. The minimum absolute atomic E-state index is 0.0323. The van der Waals surface area contributed by atoms with Crippen molar-refractivity contribution >= 4 is 17.7 Å². The molecule has 3 rings (SSSR count). The molecular formula is C21H30N6O. The SMILES string of the molecule is Cc1ncccc1C(=O)N[C@H]1CC[C@@H](Nc2nc(C)c(C)c(N(C)C)n2)CC1. The monoisotopic (exact) mass is 382 g/mol. The smallest absolute Gasteiger partial charge is 0.253 e. The van der Waals surface area contributed by atoms with Crippen molar-refractivity contribution in [2.24, 2.45) is 0 Å². The van der Waals surface area contributed by atoms with Crippen molar-refractivity contribution < 1.29 is 4.79 Å². The second-order valence-corrected chi connectivity index (χ2v) is 7.78. The molecule has 2 aromatic rings. The van der Waals surface area contributed by atoms with Crippen molar-refractivity contribution in [3.8, 4) is 0 Å². The van der Waals surface area contributed by atoms with Crippen LogP contribution in [0, 0.1) is 20.8 Å². The van der Waals surface area contributed by atoms with Crippen LogP contribution in [0.5, 0.6) is 0 Å². The van der Waals surface area contributed by atoms with E-state index >= 15 is 0 Å². The first-order valence-corrected chi connectivity index (χ1v) is 9.86. The highest BCUT2D eigenvalue weighted by Crippen LogP contribution is 2.24. The first-order chi connectivity index (χ1) is 13.3. The zero-order valence-corrected chi connectivity index (χ0v) is 17.4. The average Bonchev–Trinajstić information content (AvgIpc) is 2.66. The van der Waals surface area contributed by atoms with Gasteiger partial charge in [0.25, 0.3) is 5.91 Å². The topological polar surface area (TPSA) is 83.0 Å². The van der Waals surface area contributed by atoms with Gasteiger partial charge in [-0.2, -0.15) is 4.98 Å². The Hall–Kier alpha value is -2.70. The van der Waals surface area contributed by atoms with E-state index in [2.05, 4.69) is 25.6 Å². The lowest BCUT2D eigenvalue weighted by Gasteiger charge is -2.30. The van der Waals surface area contributed by atoms with E-state index < -0.39 is 0 Å². The van der Waals surface area contributed by atoms with Gasteiger partial charge in [0.15, 0.2) is 0 Å². The molecule has 28 heavy (non-hydrogen) atoms. The Morgan fingerprint density at radius 1 is 1.04 bits per heavy atom. The minimum atomic E-state index is -0.0323. The summed E-state index contributed by atoms with van der Waals surface area (Å²) in [5, 5.41) is 6.64. The molecule has 0 aliphatic heterocycles. The van der Waals surface area contributed by atoms with Crippen LogP contribution in [0.15, 0.2) is 18.3 Å². The van der Waals surface area contributed by atoms with E-state index in [0.717, 1.165) is 48.5 Å². The number of anilines is 2. The second-order valence-electron chi connectivity index (χ2n) is 7.78. The fourth-order valence-corrected chi connectivity index (χ4v) is 3.67. The predicted octanol–water partition coefficient (Wildman–Crippen LogP) is 3.02. The molecule has 1 aliphatic rings. The number of amides is 1. The Balaban J connectivity index is 1.56. The number of nitrogens with zero attached hydrogens (tertiary/aromatic N) is 4. The Kier molecular flexibility index (Phi) is 6.11. The number of pyridine rings is 1. The van der Waals surface area contributed by atoms with Crippen LogP contribution >= 0.6 is 0 Å². The van der Waals surface area contributed by atoms with Gasteiger partial charge in [0.05, 0.1) is 5.56 Å². The molecule has 0 aromatic carbocycles. The molecule has 1 fully saturated rings. The van der Waals surface area contributed by atoms with Crippen molar-refractivity contribution in [2.45, 2.75) is 58.5 Å². The molecule has 2 heterocycles. The predicted molar refractivity (Wildman–Crippen MR) is 112 cm³/mol. The van der Waals surface area contributed by atoms with Gasteiger partial charge in [-0.05, 0) is 58.6 Å². The number of nitrogens with one attached hydrogen (secondary N) is 2. The zero-order valence-electron chi connectivity index (χ0n) is 17.4. The Labute approximate surface area is 167 Å². The zero-order chi connectivity index (χ0) is 20.3. The molecule has 0 bridgehead atoms. The van der Waals surface area contributed by atoms with Gasteiger partial charge in [-0.15, -0.1) is 0 Å². The van der Waals surface area contributed by atoms with Crippen LogP contribution in [0.3, 0.4) is 0 Å². The Morgan fingerprint density at radius 2 is 1.71 bits per heavy atom. The minimum Gasteiger partial charge on any atom is -0.362 e. The van der Waals surface area contributed by atoms with Gasteiger partial charge < -0.3 is 15.5 Å². The summed E-state index contributed by atoms with van der Waals surface area (Å²) < 4.78 is 0. The van der Waals surface area contributed by atoms with Crippen LogP contribution in [-0.2, 0) is 0 Å². The van der Waals surface area contributed by atoms with Crippen molar-refractivity contribution in [2.75, 3.05) is 24.3 Å². The largest absolute Gasteiger partial charge is 0.362 e. The average molecular weight is 383 g/mol. The van der Waals surface area contributed by atoms with Gasteiger partial charge in [-0.1, -0.05) is 0 Å². The van der Waals surface area contributed by atoms with E-state index in [9.17, 15) is 4.79 Å². The van der Waals surface area contributed by atoms with Gasteiger partial charge in [0, 0.05) is 49.3 Å². The summed E-state index contributed by atoms with van der Waals surface area (Å²) in [5.74, 6) is 1.60. The maximum Gasteiger partial charge on any atom is 0.253 e. The van der Waals surface area contributed by atoms with Crippen molar-refractivity contribution in [1.29, 1.82) is 0 Å². The highest BCUT2D eigenvalue weighted by Gasteiger charge is 2.24. The van der Waals surface area contributed by atoms with Crippen molar-refractivity contribution in [3.05, 3.63) is 40.8 Å². The Bertz CT molecular complexity index is 843. The summed E-state index contributed by atoms with van der Waals surface area (Å²) in [6, 6.07) is 4.15. The number of aryl methyl sites for hydroxylation is 2. The highest BCUT2D eigenvalue weighted by atomic mass is 16.1. The Morgan fingerprint density at radius 3 is 2.36 bits per heavy atom. The number of hydrogen-bond acceptors (Lipinski definition) is 6. The van der Waals surface area contributed by atoms with E-state index in [-0.39, 0.29) is 11.9 Å². The normalized spacial score (nSPS) is 19.2. The van der Waals surface area contributed by atoms with E-state index in [1.54, 1.807) is 12.3 Å². The molecule has 1 amide bonds. The van der Waals surface area contributed by atoms with Gasteiger partial charge in [-0.3, -0.25) is 9.78 Å². The van der Waals surface area contributed by atoms with Crippen LogP contribution in [0.1, 0.15) is 53.0 Å². The number of aromatic nitrogens is 3. The molecule has 1 saturated carbocycles. The third kappa shape index (κ3) is 4.58. The fraction of sp³-hybridized carbons (Fsp3) is 0.524. The lowest BCUT2D eigenvalue weighted by atomic mass is 9.91. The van der Waals surface area contributed by atoms with Crippen LogP contribution < -0.4 is 15.5 Å². The summed E-state index contributed by atoms with van der Waals surface area (Å²) in [5.41, 5.74) is 3.52. The van der Waals surface area contributed by atoms with E-state index in [4.69, 9.17) is 0 Å². The molecular weight excluding hydrogens is 352 g/mol. The third-order valence-corrected chi connectivity index (χ3v) is 5.43. The van der Waals surface area contributed by atoms with Gasteiger partial charge in [0.1, 0.15) is 5.82 Å². The molecule has 0 atom stereocenters. The summed E-state index contributed by atoms with van der Waals surface area (Å²) in [7, 11) is 3.99. The first kappa shape index (κ1) is 20.0. The lowest BCUT2D eigenvalue weighted by molar-refractivity contribution is 0.0925. The molecule has 0 radical (unpaired) electrons. The molecule has 0 spiro atoms. The molecule has 7 nitrogen and oxygen atoms in total.